The molecule has 0 fully saturated rings. The Bertz CT molecular complexity index is 1590. The molecular formula is C33H33NO4S12. The first-order chi connectivity index (χ1) is 24.5. The summed E-state index contributed by atoms with van der Waals surface area (Å²) in [6.07, 6.45) is 14.4. The van der Waals surface area contributed by atoms with Crippen LogP contribution in [-0.2, 0) is 9.47 Å². The van der Waals surface area contributed by atoms with Crippen molar-refractivity contribution in [2.24, 2.45) is 0 Å². The minimum atomic E-state index is -0.534. The summed E-state index contributed by atoms with van der Waals surface area (Å²) in [6.45, 7) is 0.523. The van der Waals surface area contributed by atoms with Crippen LogP contribution in [-0.4, -0.2) is 54.2 Å². The van der Waals surface area contributed by atoms with E-state index >= 15 is 0 Å². The van der Waals surface area contributed by atoms with Crippen LogP contribution in [0.1, 0.15) is 72.3 Å². The lowest BCUT2D eigenvalue weighted by atomic mass is 10.1. The number of allylic oxidation sites excluding steroid dienone is 4. The standard InChI is InChI=1S/C33H33NO4S12/c1-39-26-28(49-32(47-26)30-43-20-10-3-4-11-21(20)44-30)41-16-14-37-24(35)18-8-7-9-19(34-18)25(36)38-15-17-42-29-27(40-2)48-33(50-29)31-45-22-12-5-6-13-23(22)46-31/h7-9H,3-6,10-17H2,1-2H3. The molecular weight excluding hydrogens is 859 g/mol. The first-order valence-electron chi connectivity index (χ1n) is 16.0. The molecule has 2 aliphatic carbocycles. The summed E-state index contributed by atoms with van der Waals surface area (Å²) in [5, 5.41) is 0. The average molecular weight is 892 g/mol. The number of rotatable bonds is 12. The lowest BCUT2D eigenvalue weighted by Crippen LogP contribution is -2.14. The maximum Gasteiger partial charge on any atom is 0.356 e. The zero-order valence-corrected chi connectivity index (χ0v) is 37.0. The molecule has 0 amide bonds. The van der Waals surface area contributed by atoms with Crippen molar-refractivity contribution in [2.45, 2.75) is 51.4 Å². The SMILES string of the molecule is CSC1=C(SCCOC(=O)c2cccc(C(=O)OCCSC3=C(SC)SC(=C4SC5=C(CCCC5)S4)S3)n2)SC(=C2SC3=C(CCCC3)S2)S1. The number of hydrogen-bond donors (Lipinski definition) is 0. The fourth-order valence-corrected chi connectivity index (χ4v) is 22.3. The Morgan fingerprint density at radius 1 is 0.580 bits per heavy atom. The van der Waals surface area contributed by atoms with Gasteiger partial charge in [-0.1, -0.05) is 100 Å². The van der Waals surface area contributed by atoms with Crippen LogP contribution in [0.15, 0.2) is 71.7 Å². The van der Waals surface area contributed by atoms with Gasteiger partial charge in [-0.3, -0.25) is 0 Å². The van der Waals surface area contributed by atoms with Gasteiger partial charge in [-0.25, -0.2) is 14.6 Å². The molecule has 0 N–H and O–H groups in total. The summed E-state index contributed by atoms with van der Waals surface area (Å²) >= 11 is 22.4. The van der Waals surface area contributed by atoms with Gasteiger partial charge in [-0.2, -0.15) is 0 Å². The quantitative estimate of drug-likeness (QED) is 0.148. The summed E-state index contributed by atoms with van der Waals surface area (Å²) < 4.78 is 21.9. The van der Waals surface area contributed by atoms with Crippen molar-refractivity contribution in [3.8, 4) is 0 Å². The predicted octanol–water partition coefficient (Wildman–Crippen LogP) is 13.6. The molecule has 6 aliphatic rings. The third-order valence-corrected chi connectivity index (χ3v) is 25.0. The van der Waals surface area contributed by atoms with Gasteiger partial charge >= 0.3 is 11.9 Å². The van der Waals surface area contributed by atoms with Crippen molar-refractivity contribution in [1.82, 2.24) is 4.98 Å². The first-order valence-corrected chi connectivity index (χ1v) is 26.9. The number of nitrogens with zero attached hydrogens (tertiary/aromatic N) is 1. The maximum absolute atomic E-state index is 12.8. The fourth-order valence-electron chi connectivity index (χ4n) is 5.27. The van der Waals surface area contributed by atoms with E-state index in [0.29, 0.717) is 11.5 Å². The molecule has 0 unspecified atom stereocenters. The number of ether oxygens (including phenoxy) is 2. The second-order valence-corrected chi connectivity index (χ2v) is 25.4. The average Bonchev–Trinajstić information content (AvgIpc) is 3.95. The highest BCUT2D eigenvalue weighted by atomic mass is 32.3. The van der Waals surface area contributed by atoms with Crippen LogP contribution >= 0.6 is 141 Å². The highest BCUT2D eigenvalue weighted by Gasteiger charge is 2.32. The highest BCUT2D eigenvalue weighted by Crippen LogP contribution is 2.66. The van der Waals surface area contributed by atoms with Gasteiger partial charge in [0, 0.05) is 31.1 Å². The molecule has 0 bridgehead atoms. The van der Waals surface area contributed by atoms with Gasteiger partial charge in [0.25, 0.3) is 0 Å². The van der Waals surface area contributed by atoms with E-state index in [2.05, 4.69) is 17.5 Å². The smallest absolute Gasteiger partial charge is 0.356 e. The molecule has 1 aromatic rings. The van der Waals surface area contributed by atoms with Crippen molar-refractivity contribution in [3.05, 3.63) is 83.1 Å². The van der Waals surface area contributed by atoms with Gasteiger partial charge in [0.2, 0.25) is 0 Å². The van der Waals surface area contributed by atoms with Crippen LogP contribution in [0.3, 0.4) is 0 Å². The summed E-state index contributed by atoms with van der Waals surface area (Å²) in [4.78, 5) is 36.3. The number of esters is 2. The second kappa shape index (κ2) is 19.1. The van der Waals surface area contributed by atoms with E-state index in [4.69, 9.17) is 9.47 Å². The Morgan fingerprint density at radius 2 is 0.940 bits per heavy atom. The number of carbonyl (C=O) groups excluding carboxylic acids is 2. The zero-order valence-electron chi connectivity index (χ0n) is 27.2. The lowest BCUT2D eigenvalue weighted by molar-refractivity contribution is 0.0515. The minimum Gasteiger partial charge on any atom is -0.460 e. The molecule has 17 heteroatoms. The number of thioether (sulfide) groups is 12. The maximum atomic E-state index is 12.8. The molecule has 5 nitrogen and oxygen atoms in total. The summed E-state index contributed by atoms with van der Waals surface area (Å²) in [6, 6.07) is 4.80. The Balaban J connectivity index is 0.832. The summed E-state index contributed by atoms with van der Waals surface area (Å²) in [7, 11) is 0. The number of aromatic nitrogens is 1. The Kier molecular flexibility index (Phi) is 14.9. The van der Waals surface area contributed by atoms with Gasteiger partial charge in [0.05, 0.1) is 33.9 Å². The number of carbonyl (C=O) groups is 2. The lowest BCUT2D eigenvalue weighted by Gasteiger charge is -2.09. The molecule has 0 spiro atoms. The van der Waals surface area contributed by atoms with E-state index in [1.54, 1.807) is 84.9 Å². The third-order valence-electron chi connectivity index (χ3n) is 7.65. The van der Waals surface area contributed by atoms with E-state index < -0.39 is 11.9 Å². The zero-order chi connectivity index (χ0) is 34.5. The Labute approximate surface area is 345 Å². The summed E-state index contributed by atoms with van der Waals surface area (Å²) in [5.74, 6) is 0.231. The topological polar surface area (TPSA) is 65.5 Å². The highest BCUT2D eigenvalue weighted by molar-refractivity contribution is 8.43. The minimum absolute atomic E-state index is 0.112. The van der Waals surface area contributed by atoms with E-state index in [1.165, 1.54) is 85.3 Å². The van der Waals surface area contributed by atoms with E-state index in [1.807, 2.05) is 94.1 Å². The molecule has 0 saturated heterocycles. The van der Waals surface area contributed by atoms with Gasteiger partial charge in [-0.15, -0.1) is 47.0 Å². The fraction of sp³-hybridized carbons (Fsp3) is 0.424. The van der Waals surface area contributed by atoms with Gasteiger partial charge in [-0.05, 0) is 76.0 Å². The van der Waals surface area contributed by atoms with Gasteiger partial charge in [0.1, 0.15) is 24.6 Å². The molecule has 0 radical (unpaired) electrons. The van der Waals surface area contributed by atoms with Crippen LogP contribution in [0.2, 0.25) is 0 Å². The van der Waals surface area contributed by atoms with Crippen LogP contribution in [0.25, 0.3) is 0 Å². The molecule has 50 heavy (non-hydrogen) atoms. The van der Waals surface area contributed by atoms with E-state index in [9.17, 15) is 9.59 Å². The van der Waals surface area contributed by atoms with Gasteiger partial charge < -0.3 is 9.47 Å². The van der Waals surface area contributed by atoms with Gasteiger partial charge in [0.15, 0.2) is 0 Å². The normalized spacial score (nSPS) is 20.8. The predicted molar refractivity (Wildman–Crippen MR) is 237 cm³/mol. The van der Waals surface area contributed by atoms with Crippen LogP contribution in [0.5, 0.6) is 0 Å². The molecule has 0 aromatic carbocycles. The number of pyridine rings is 1. The van der Waals surface area contributed by atoms with Crippen LogP contribution in [0.4, 0.5) is 0 Å². The number of hydrogen-bond acceptors (Lipinski definition) is 17. The molecule has 0 atom stereocenters. The molecule has 5 heterocycles. The van der Waals surface area contributed by atoms with Crippen molar-refractivity contribution in [2.75, 3.05) is 37.2 Å². The Morgan fingerprint density at radius 3 is 1.32 bits per heavy atom. The van der Waals surface area contributed by atoms with Crippen molar-refractivity contribution in [1.29, 1.82) is 0 Å². The Hall–Kier alpha value is 0.730. The first kappa shape index (κ1) is 39.0. The molecule has 266 valence electrons. The van der Waals surface area contributed by atoms with Crippen molar-refractivity contribution in [3.63, 3.8) is 0 Å². The van der Waals surface area contributed by atoms with E-state index in [0.717, 1.165) is 0 Å². The van der Waals surface area contributed by atoms with Crippen molar-refractivity contribution < 1.29 is 19.1 Å². The second-order valence-electron chi connectivity index (χ2n) is 11.0. The van der Waals surface area contributed by atoms with E-state index in [-0.39, 0.29) is 24.6 Å². The monoisotopic (exact) mass is 891 g/mol. The van der Waals surface area contributed by atoms with Crippen LogP contribution < -0.4 is 0 Å². The molecule has 1 aromatic heterocycles. The van der Waals surface area contributed by atoms with Crippen molar-refractivity contribution >= 4 is 153 Å². The molecule has 4 aliphatic heterocycles. The summed E-state index contributed by atoms with van der Waals surface area (Å²) in [5.41, 5.74) is 0.224. The molecule has 0 saturated carbocycles. The largest absolute Gasteiger partial charge is 0.460 e. The van der Waals surface area contributed by atoms with Crippen LogP contribution in [0, 0.1) is 0 Å². The third kappa shape index (κ3) is 9.75. The molecule has 7 rings (SSSR count).